The van der Waals surface area contributed by atoms with Crippen LogP contribution in [0.2, 0.25) is 0 Å². The second-order valence-corrected chi connectivity index (χ2v) is 5.08. The van der Waals surface area contributed by atoms with Gasteiger partial charge in [-0.3, -0.25) is 4.79 Å². The van der Waals surface area contributed by atoms with Crippen LogP contribution in [0.15, 0.2) is 18.2 Å². The van der Waals surface area contributed by atoms with Gasteiger partial charge in [0.15, 0.2) is 0 Å². The average Bonchev–Trinajstić information content (AvgIpc) is 3.06. The van der Waals surface area contributed by atoms with E-state index in [4.69, 9.17) is 0 Å². The standard InChI is InChI=1S/C14H17FN4O/c15-10-1-2-11-12(7-10)19-13(18-11)4-6-17-14(20)9-3-5-16-8-9/h1-2,7,9,16H,3-6,8H2,(H,17,20)(H,18,19)/t9-/m0/s1. The smallest absolute Gasteiger partial charge is 0.224 e. The molecule has 0 spiro atoms. The maximum Gasteiger partial charge on any atom is 0.224 e. The highest BCUT2D eigenvalue weighted by Gasteiger charge is 2.21. The topological polar surface area (TPSA) is 69.8 Å². The first-order valence-electron chi connectivity index (χ1n) is 6.85. The molecule has 1 fully saturated rings. The minimum atomic E-state index is -0.283. The van der Waals surface area contributed by atoms with Crippen LogP contribution in [0, 0.1) is 11.7 Å². The van der Waals surface area contributed by atoms with Gasteiger partial charge in [0.2, 0.25) is 5.91 Å². The predicted molar refractivity (Wildman–Crippen MR) is 73.7 cm³/mol. The largest absolute Gasteiger partial charge is 0.355 e. The molecular weight excluding hydrogens is 259 g/mol. The molecule has 1 saturated heterocycles. The van der Waals surface area contributed by atoms with E-state index in [0.29, 0.717) is 18.5 Å². The van der Waals surface area contributed by atoms with Gasteiger partial charge in [-0.15, -0.1) is 0 Å². The Bertz CT molecular complexity index is 619. The van der Waals surface area contributed by atoms with Crippen LogP contribution in [0.3, 0.4) is 0 Å². The highest BCUT2D eigenvalue weighted by molar-refractivity contribution is 5.79. The maximum absolute atomic E-state index is 13.1. The summed E-state index contributed by atoms with van der Waals surface area (Å²) >= 11 is 0. The lowest BCUT2D eigenvalue weighted by molar-refractivity contribution is -0.124. The summed E-state index contributed by atoms with van der Waals surface area (Å²) in [4.78, 5) is 19.2. The van der Waals surface area contributed by atoms with Gasteiger partial charge in [0.25, 0.3) is 0 Å². The lowest BCUT2D eigenvalue weighted by Crippen LogP contribution is -2.33. The Morgan fingerprint density at radius 3 is 3.20 bits per heavy atom. The number of aromatic nitrogens is 2. The van der Waals surface area contributed by atoms with Crippen molar-refractivity contribution in [3.63, 3.8) is 0 Å². The molecule has 3 rings (SSSR count). The predicted octanol–water partition coefficient (Wildman–Crippen LogP) is 0.970. The number of imidazole rings is 1. The van der Waals surface area contributed by atoms with Crippen molar-refractivity contribution in [2.45, 2.75) is 12.8 Å². The number of nitrogens with zero attached hydrogens (tertiary/aromatic N) is 1. The van der Waals surface area contributed by atoms with E-state index in [2.05, 4.69) is 20.6 Å². The van der Waals surface area contributed by atoms with Crippen LogP contribution >= 0.6 is 0 Å². The van der Waals surface area contributed by atoms with Crippen molar-refractivity contribution in [3.05, 3.63) is 29.8 Å². The van der Waals surface area contributed by atoms with E-state index >= 15 is 0 Å². The quantitative estimate of drug-likeness (QED) is 0.779. The fraction of sp³-hybridized carbons (Fsp3) is 0.429. The lowest BCUT2D eigenvalue weighted by atomic mass is 10.1. The van der Waals surface area contributed by atoms with Crippen LogP contribution in [0.1, 0.15) is 12.2 Å². The van der Waals surface area contributed by atoms with E-state index in [1.165, 1.54) is 12.1 Å². The number of fused-ring (bicyclic) bond motifs is 1. The number of amides is 1. The van der Waals surface area contributed by atoms with Crippen molar-refractivity contribution in [2.75, 3.05) is 19.6 Å². The molecule has 1 aromatic carbocycles. The first-order chi connectivity index (χ1) is 9.72. The molecule has 20 heavy (non-hydrogen) atoms. The Morgan fingerprint density at radius 1 is 1.50 bits per heavy atom. The van der Waals surface area contributed by atoms with Crippen LogP contribution in [0.5, 0.6) is 0 Å². The van der Waals surface area contributed by atoms with Gasteiger partial charge < -0.3 is 15.6 Å². The monoisotopic (exact) mass is 276 g/mol. The summed E-state index contributed by atoms with van der Waals surface area (Å²) in [5, 5.41) is 6.09. The van der Waals surface area contributed by atoms with Gasteiger partial charge in [-0.25, -0.2) is 9.37 Å². The molecule has 1 aliphatic rings. The molecule has 2 heterocycles. The van der Waals surface area contributed by atoms with Crippen LogP contribution in [-0.4, -0.2) is 35.5 Å². The Labute approximate surface area is 116 Å². The molecule has 2 aromatic rings. The minimum absolute atomic E-state index is 0.0831. The summed E-state index contributed by atoms with van der Waals surface area (Å²) < 4.78 is 13.1. The number of carbonyl (C=O) groups is 1. The minimum Gasteiger partial charge on any atom is -0.355 e. The number of rotatable bonds is 4. The van der Waals surface area contributed by atoms with Crippen molar-refractivity contribution in [2.24, 2.45) is 5.92 Å². The highest BCUT2D eigenvalue weighted by Crippen LogP contribution is 2.13. The molecule has 0 bridgehead atoms. The van der Waals surface area contributed by atoms with Crippen LogP contribution < -0.4 is 10.6 Å². The highest BCUT2D eigenvalue weighted by atomic mass is 19.1. The zero-order valence-electron chi connectivity index (χ0n) is 11.1. The first-order valence-corrected chi connectivity index (χ1v) is 6.85. The van der Waals surface area contributed by atoms with E-state index in [1.807, 2.05) is 0 Å². The number of aromatic amines is 1. The van der Waals surface area contributed by atoms with E-state index in [0.717, 1.165) is 30.9 Å². The van der Waals surface area contributed by atoms with Gasteiger partial charge in [-0.1, -0.05) is 0 Å². The van der Waals surface area contributed by atoms with Crippen molar-refractivity contribution < 1.29 is 9.18 Å². The Morgan fingerprint density at radius 2 is 2.40 bits per heavy atom. The maximum atomic E-state index is 13.1. The van der Waals surface area contributed by atoms with E-state index in [9.17, 15) is 9.18 Å². The molecular formula is C14H17FN4O. The van der Waals surface area contributed by atoms with Gasteiger partial charge in [0, 0.05) is 19.5 Å². The summed E-state index contributed by atoms with van der Waals surface area (Å²) in [6, 6.07) is 4.46. The number of hydrogen-bond donors (Lipinski definition) is 3. The number of hydrogen-bond acceptors (Lipinski definition) is 3. The van der Waals surface area contributed by atoms with Crippen LogP contribution in [0.25, 0.3) is 11.0 Å². The Balaban J connectivity index is 1.55. The van der Waals surface area contributed by atoms with Gasteiger partial charge in [-0.05, 0) is 31.2 Å². The van der Waals surface area contributed by atoms with Gasteiger partial charge >= 0.3 is 0 Å². The zero-order chi connectivity index (χ0) is 13.9. The molecule has 0 saturated carbocycles. The zero-order valence-corrected chi connectivity index (χ0v) is 11.1. The number of benzene rings is 1. The third-order valence-corrected chi connectivity index (χ3v) is 3.59. The van der Waals surface area contributed by atoms with Crippen molar-refractivity contribution in [1.29, 1.82) is 0 Å². The van der Waals surface area contributed by atoms with Gasteiger partial charge in [0.05, 0.1) is 17.0 Å². The van der Waals surface area contributed by atoms with Gasteiger partial charge in [0.1, 0.15) is 11.6 Å². The number of H-pyrrole nitrogens is 1. The molecule has 3 N–H and O–H groups in total. The summed E-state index contributed by atoms with van der Waals surface area (Å²) in [5.41, 5.74) is 1.43. The number of nitrogens with one attached hydrogen (secondary N) is 3. The summed E-state index contributed by atoms with van der Waals surface area (Å²) in [5.74, 6) is 0.655. The summed E-state index contributed by atoms with van der Waals surface area (Å²) in [6.45, 7) is 2.21. The number of carbonyl (C=O) groups excluding carboxylic acids is 1. The molecule has 1 aromatic heterocycles. The molecule has 6 heteroatoms. The van der Waals surface area contributed by atoms with Crippen molar-refractivity contribution >= 4 is 16.9 Å². The second-order valence-electron chi connectivity index (χ2n) is 5.08. The molecule has 0 unspecified atom stereocenters. The fourth-order valence-electron chi connectivity index (χ4n) is 2.48. The van der Waals surface area contributed by atoms with Crippen LogP contribution in [-0.2, 0) is 11.2 Å². The molecule has 0 radical (unpaired) electrons. The Kier molecular flexibility index (Phi) is 3.64. The fourth-order valence-corrected chi connectivity index (χ4v) is 2.48. The molecule has 1 amide bonds. The Hall–Kier alpha value is -1.95. The van der Waals surface area contributed by atoms with E-state index < -0.39 is 0 Å². The second kappa shape index (κ2) is 5.58. The first kappa shape index (κ1) is 13.1. The van der Waals surface area contributed by atoms with Crippen molar-refractivity contribution in [3.8, 4) is 0 Å². The normalized spacial score (nSPS) is 18.6. The number of halogens is 1. The van der Waals surface area contributed by atoms with Crippen LogP contribution in [0.4, 0.5) is 4.39 Å². The average molecular weight is 276 g/mol. The van der Waals surface area contributed by atoms with Gasteiger partial charge in [-0.2, -0.15) is 0 Å². The summed E-state index contributed by atoms with van der Waals surface area (Å²) in [7, 11) is 0. The van der Waals surface area contributed by atoms with Crippen molar-refractivity contribution in [1.82, 2.24) is 20.6 Å². The molecule has 1 aliphatic heterocycles. The van der Waals surface area contributed by atoms with E-state index in [-0.39, 0.29) is 17.6 Å². The SMILES string of the molecule is O=C(NCCc1nc2ccc(F)cc2[nH]1)[C@H]1CCNC1. The molecule has 106 valence electrons. The molecule has 5 nitrogen and oxygen atoms in total. The lowest BCUT2D eigenvalue weighted by Gasteiger charge is -2.08. The van der Waals surface area contributed by atoms with E-state index in [1.54, 1.807) is 6.07 Å². The molecule has 1 atom stereocenters. The summed E-state index contributed by atoms with van der Waals surface area (Å²) in [6.07, 6.45) is 1.51. The molecule has 0 aliphatic carbocycles. The third kappa shape index (κ3) is 2.80. The third-order valence-electron chi connectivity index (χ3n) is 3.59.